The normalized spacial score (nSPS) is 12.4. The molecule has 0 radical (unpaired) electrons. The number of rotatable bonds is 5. The van der Waals surface area contributed by atoms with Gasteiger partial charge in [0.05, 0.1) is 22.0 Å². The maximum absolute atomic E-state index is 13.9. The van der Waals surface area contributed by atoms with Gasteiger partial charge in [0.2, 0.25) is 0 Å². The predicted molar refractivity (Wildman–Crippen MR) is 117 cm³/mol. The number of nitrogens with zero attached hydrogens (tertiary/aromatic N) is 5. The van der Waals surface area contributed by atoms with Crippen molar-refractivity contribution in [2.24, 2.45) is 0 Å². The number of halogens is 1. The summed E-state index contributed by atoms with van der Waals surface area (Å²) in [7, 11) is -3.45. The highest BCUT2D eigenvalue weighted by Gasteiger charge is 2.21. The van der Waals surface area contributed by atoms with E-state index in [4.69, 9.17) is 5.73 Å². The van der Waals surface area contributed by atoms with E-state index in [1.54, 1.807) is 29.7 Å². The molecule has 0 spiro atoms. The van der Waals surface area contributed by atoms with Crippen molar-refractivity contribution in [2.75, 3.05) is 17.3 Å². The highest BCUT2D eigenvalue weighted by Crippen LogP contribution is 2.29. The molecule has 0 amide bonds. The number of hydrogen-bond acceptors (Lipinski definition) is 8. The molecule has 0 saturated heterocycles. The third kappa shape index (κ3) is 3.83. The molecular weight excluding hydrogens is 433 g/mol. The second kappa shape index (κ2) is 7.90. The van der Waals surface area contributed by atoms with Crippen LogP contribution in [0.1, 0.15) is 24.4 Å². The van der Waals surface area contributed by atoms with Gasteiger partial charge in [-0.25, -0.2) is 27.8 Å². The Balaban J connectivity index is 1.89. The maximum Gasteiger partial charge on any atom is 0.175 e. The van der Waals surface area contributed by atoms with Crippen LogP contribution in [0.15, 0.2) is 53.7 Å². The molecular formula is C21H18FN7O2S. The van der Waals surface area contributed by atoms with Crippen LogP contribution in [-0.4, -0.2) is 34.2 Å². The van der Waals surface area contributed by atoms with E-state index in [-0.39, 0.29) is 22.1 Å². The first kappa shape index (κ1) is 21.2. The van der Waals surface area contributed by atoms with Crippen LogP contribution in [0.2, 0.25) is 0 Å². The molecule has 0 saturated carbocycles. The van der Waals surface area contributed by atoms with Gasteiger partial charge in [0.25, 0.3) is 0 Å². The van der Waals surface area contributed by atoms with Crippen molar-refractivity contribution in [3.8, 4) is 11.8 Å². The van der Waals surface area contributed by atoms with Crippen LogP contribution in [0, 0.1) is 17.1 Å². The Morgan fingerprint density at radius 2 is 2.00 bits per heavy atom. The van der Waals surface area contributed by atoms with Crippen LogP contribution >= 0.6 is 0 Å². The second-order valence-electron chi connectivity index (χ2n) is 7.17. The van der Waals surface area contributed by atoms with Crippen molar-refractivity contribution in [1.29, 1.82) is 5.26 Å². The molecule has 2 heterocycles. The van der Waals surface area contributed by atoms with Gasteiger partial charge in [0.15, 0.2) is 9.84 Å². The van der Waals surface area contributed by atoms with Crippen LogP contribution in [0.5, 0.6) is 0 Å². The molecule has 2 aromatic heterocycles. The fourth-order valence-corrected chi connectivity index (χ4v) is 4.04. The van der Waals surface area contributed by atoms with Gasteiger partial charge in [0, 0.05) is 18.0 Å². The van der Waals surface area contributed by atoms with Gasteiger partial charge in [-0.1, -0.05) is 6.07 Å². The molecule has 32 heavy (non-hydrogen) atoms. The Morgan fingerprint density at radius 1 is 1.22 bits per heavy atom. The Morgan fingerprint density at radius 3 is 2.72 bits per heavy atom. The lowest BCUT2D eigenvalue weighted by molar-refractivity contribution is 0.601. The summed E-state index contributed by atoms with van der Waals surface area (Å²) >= 11 is 0. The zero-order chi connectivity index (χ0) is 23.0. The summed E-state index contributed by atoms with van der Waals surface area (Å²) in [5.74, 6) is 0.266. The first-order valence-corrected chi connectivity index (χ1v) is 11.3. The molecule has 9 nitrogen and oxygen atoms in total. The summed E-state index contributed by atoms with van der Waals surface area (Å²) < 4.78 is 39.8. The lowest BCUT2D eigenvalue weighted by atomic mass is 10.2. The molecule has 0 aliphatic carbocycles. The SMILES string of the molecule is C[C@@H](Nc1ncnc(N)c1C#N)c1nc2cc(F)ccc2n1-c1cccc(S(C)(=O)=O)c1. The minimum Gasteiger partial charge on any atom is -0.382 e. The largest absolute Gasteiger partial charge is 0.382 e. The van der Waals surface area contributed by atoms with E-state index < -0.39 is 21.7 Å². The number of benzene rings is 2. The van der Waals surface area contributed by atoms with Gasteiger partial charge < -0.3 is 11.1 Å². The van der Waals surface area contributed by atoms with Crippen molar-refractivity contribution in [2.45, 2.75) is 17.9 Å². The third-order valence-electron chi connectivity index (χ3n) is 4.88. The average Bonchev–Trinajstić information content (AvgIpc) is 3.12. The number of anilines is 2. The third-order valence-corrected chi connectivity index (χ3v) is 5.99. The van der Waals surface area contributed by atoms with Gasteiger partial charge in [-0.15, -0.1) is 0 Å². The Kier molecular flexibility index (Phi) is 5.23. The van der Waals surface area contributed by atoms with E-state index in [9.17, 15) is 18.1 Å². The first-order valence-electron chi connectivity index (χ1n) is 9.44. The highest BCUT2D eigenvalue weighted by atomic mass is 32.2. The molecule has 3 N–H and O–H groups in total. The monoisotopic (exact) mass is 451 g/mol. The zero-order valence-electron chi connectivity index (χ0n) is 17.1. The summed E-state index contributed by atoms with van der Waals surface area (Å²) in [4.78, 5) is 12.6. The Labute approximate surface area is 183 Å². The minimum absolute atomic E-state index is 0.0358. The second-order valence-corrected chi connectivity index (χ2v) is 9.18. The van der Waals surface area contributed by atoms with E-state index in [1.807, 2.05) is 6.07 Å². The standard InChI is InChI=1S/C21H18FN7O2S/c1-12(27-20-16(10-23)19(24)25-11-26-20)21-28-17-8-13(22)6-7-18(17)29(21)14-4-3-5-15(9-14)32(2,30)31/h3-9,11-12H,1-2H3,(H3,24,25,26,27)/t12-/m1/s1. The molecule has 162 valence electrons. The van der Waals surface area contributed by atoms with Gasteiger partial charge in [0.1, 0.15) is 41.2 Å². The fraction of sp³-hybridized carbons (Fsp3) is 0.143. The Hall–Kier alpha value is -4.04. The van der Waals surface area contributed by atoms with Crippen molar-refractivity contribution in [3.63, 3.8) is 0 Å². The molecule has 0 aliphatic rings. The van der Waals surface area contributed by atoms with Crippen molar-refractivity contribution in [3.05, 3.63) is 66.0 Å². The number of sulfone groups is 1. The van der Waals surface area contributed by atoms with Crippen molar-refractivity contribution in [1.82, 2.24) is 19.5 Å². The van der Waals surface area contributed by atoms with Crippen LogP contribution in [0.3, 0.4) is 0 Å². The smallest absolute Gasteiger partial charge is 0.175 e. The molecule has 2 aromatic carbocycles. The lowest BCUT2D eigenvalue weighted by Gasteiger charge is -2.18. The van der Waals surface area contributed by atoms with Crippen molar-refractivity contribution < 1.29 is 12.8 Å². The van der Waals surface area contributed by atoms with Crippen LogP contribution in [0.4, 0.5) is 16.0 Å². The number of nitriles is 1. The number of nitrogens with one attached hydrogen (secondary N) is 1. The van der Waals surface area contributed by atoms with Crippen molar-refractivity contribution >= 4 is 32.5 Å². The lowest BCUT2D eigenvalue weighted by Crippen LogP contribution is -2.15. The van der Waals surface area contributed by atoms with Gasteiger partial charge in [-0.3, -0.25) is 4.57 Å². The van der Waals surface area contributed by atoms with E-state index in [1.165, 1.54) is 30.6 Å². The average molecular weight is 451 g/mol. The molecule has 4 rings (SSSR count). The number of hydrogen-bond donors (Lipinski definition) is 2. The van der Waals surface area contributed by atoms with Crippen LogP contribution in [-0.2, 0) is 9.84 Å². The van der Waals surface area contributed by atoms with E-state index in [2.05, 4.69) is 20.3 Å². The number of nitrogen functional groups attached to an aromatic ring is 1. The maximum atomic E-state index is 13.9. The molecule has 0 aliphatic heterocycles. The summed E-state index contributed by atoms with van der Waals surface area (Å²) in [5, 5.41) is 12.5. The number of fused-ring (bicyclic) bond motifs is 1. The Bertz CT molecular complexity index is 1490. The van der Waals surface area contributed by atoms with E-state index in [0.29, 0.717) is 22.5 Å². The summed E-state index contributed by atoms with van der Waals surface area (Å²) in [5.41, 5.74) is 7.37. The molecule has 4 aromatic rings. The molecule has 0 fully saturated rings. The van der Waals surface area contributed by atoms with Crippen LogP contribution < -0.4 is 11.1 Å². The van der Waals surface area contributed by atoms with Gasteiger partial charge in [-0.05, 0) is 37.3 Å². The quantitative estimate of drug-likeness (QED) is 0.472. The van der Waals surface area contributed by atoms with Gasteiger partial charge in [-0.2, -0.15) is 5.26 Å². The van der Waals surface area contributed by atoms with Gasteiger partial charge >= 0.3 is 0 Å². The summed E-state index contributed by atoms with van der Waals surface area (Å²) in [6.07, 6.45) is 2.36. The van der Waals surface area contributed by atoms with E-state index in [0.717, 1.165) is 6.26 Å². The molecule has 0 unspecified atom stereocenters. The van der Waals surface area contributed by atoms with E-state index >= 15 is 0 Å². The number of aromatic nitrogens is 4. The topological polar surface area (TPSA) is 140 Å². The molecule has 11 heteroatoms. The first-order chi connectivity index (χ1) is 15.2. The zero-order valence-corrected chi connectivity index (χ0v) is 17.9. The summed E-state index contributed by atoms with van der Waals surface area (Å²) in [6, 6.07) is 12.0. The highest BCUT2D eigenvalue weighted by molar-refractivity contribution is 7.90. The molecule has 0 bridgehead atoms. The fourth-order valence-electron chi connectivity index (χ4n) is 3.38. The van der Waals surface area contributed by atoms with Crippen LogP contribution in [0.25, 0.3) is 16.7 Å². The molecule has 1 atom stereocenters. The number of nitrogens with two attached hydrogens (primary N) is 1. The number of imidazole rings is 1. The predicted octanol–water partition coefficient (Wildman–Crippen LogP) is 2.99. The minimum atomic E-state index is -3.45. The summed E-state index contributed by atoms with van der Waals surface area (Å²) in [6.45, 7) is 1.79.